The van der Waals surface area contributed by atoms with Crippen molar-refractivity contribution in [3.8, 4) is 11.1 Å². The van der Waals surface area contributed by atoms with Crippen LogP contribution in [0.5, 0.6) is 0 Å². The van der Waals surface area contributed by atoms with Crippen LogP contribution in [-0.4, -0.2) is 34.8 Å². The Hall–Kier alpha value is -4.42. The summed E-state index contributed by atoms with van der Waals surface area (Å²) in [6, 6.07) is 30.0. The van der Waals surface area contributed by atoms with Crippen LogP contribution in [-0.2, 0) is 11.3 Å². The molecule has 1 unspecified atom stereocenters. The molecule has 1 aliphatic rings. The summed E-state index contributed by atoms with van der Waals surface area (Å²) < 4.78 is 13.5. The van der Waals surface area contributed by atoms with Crippen molar-refractivity contribution >= 4 is 29.2 Å². The molecule has 0 aromatic heterocycles. The second kappa shape index (κ2) is 12.0. The number of anilines is 1. The zero-order valence-electron chi connectivity index (χ0n) is 21.1. The lowest BCUT2D eigenvalue weighted by Crippen LogP contribution is -2.46. The molecule has 1 N–H and O–H groups in total. The number of carbonyl (C=O) groups excluding carboxylic acids is 2. The maximum absolute atomic E-state index is 13.7. The standard InChI is InChI=1S/C32H27ClFN3O2/c33-26-11-6-10-25(20-26)30-14-7-19-36(22-31(38)37(30)21-23-15-17-27(34)18-16-23)32(39)35-29-13-5-4-12-28(29)24-8-2-1-3-9-24/h1-18,20,30H,19,21-22H2,(H,35,39)/b14-7-. The van der Waals surface area contributed by atoms with Crippen LogP contribution in [0.25, 0.3) is 11.1 Å². The molecule has 5 nitrogen and oxygen atoms in total. The Morgan fingerprint density at radius 1 is 0.923 bits per heavy atom. The zero-order valence-corrected chi connectivity index (χ0v) is 21.9. The van der Waals surface area contributed by atoms with E-state index in [1.165, 1.54) is 17.0 Å². The van der Waals surface area contributed by atoms with Gasteiger partial charge in [0.1, 0.15) is 12.4 Å². The molecular formula is C32H27ClFN3O2. The van der Waals surface area contributed by atoms with Crippen LogP contribution in [0.3, 0.4) is 0 Å². The average Bonchev–Trinajstić information content (AvgIpc) is 2.94. The van der Waals surface area contributed by atoms with Gasteiger partial charge in [0.15, 0.2) is 0 Å². The molecule has 3 amide bonds. The van der Waals surface area contributed by atoms with Gasteiger partial charge >= 0.3 is 6.03 Å². The number of nitrogens with zero attached hydrogens (tertiary/aromatic N) is 2. The van der Waals surface area contributed by atoms with Crippen LogP contribution in [0.15, 0.2) is 115 Å². The largest absolute Gasteiger partial charge is 0.326 e. The maximum atomic E-state index is 13.7. The number of rotatable bonds is 5. The zero-order chi connectivity index (χ0) is 27.2. The molecule has 0 radical (unpaired) electrons. The van der Waals surface area contributed by atoms with E-state index in [1.807, 2.05) is 84.9 Å². The fourth-order valence-corrected chi connectivity index (χ4v) is 4.86. The summed E-state index contributed by atoms with van der Waals surface area (Å²) in [6.45, 7) is 0.376. The topological polar surface area (TPSA) is 52.7 Å². The molecule has 0 saturated carbocycles. The highest BCUT2D eigenvalue weighted by molar-refractivity contribution is 6.30. The number of hydrogen-bond acceptors (Lipinski definition) is 2. The van der Waals surface area contributed by atoms with E-state index in [0.29, 0.717) is 10.7 Å². The first-order chi connectivity index (χ1) is 19.0. The smallest absolute Gasteiger partial charge is 0.322 e. The Bertz CT molecular complexity index is 1490. The third kappa shape index (κ3) is 6.36. The number of carbonyl (C=O) groups is 2. The monoisotopic (exact) mass is 539 g/mol. The summed E-state index contributed by atoms with van der Waals surface area (Å²) in [5.41, 5.74) is 4.15. The summed E-state index contributed by atoms with van der Waals surface area (Å²) in [5, 5.41) is 3.56. The normalized spacial score (nSPS) is 16.4. The lowest BCUT2D eigenvalue weighted by Gasteiger charge is -2.34. The van der Waals surface area contributed by atoms with E-state index in [2.05, 4.69) is 5.32 Å². The highest BCUT2D eigenvalue weighted by atomic mass is 35.5. The Morgan fingerprint density at radius 3 is 2.44 bits per heavy atom. The number of nitrogens with one attached hydrogen (secondary N) is 1. The van der Waals surface area contributed by atoms with Gasteiger partial charge in [0.2, 0.25) is 5.91 Å². The van der Waals surface area contributed by atoms with Crippen molar-refractivity contribution in [2.45, 2.75) is 12.6 Å². The highest BCUT2D eigenvalue weighted by Crippen LogP contribution is 2.30. The molecule has 5 rings (SSSR count). The van der Waals surface area contributed by atoms with Crippen LogP contribution in [0, 0.1) is 5.82 Å². The van der Waals surface area contributed by atoms with Crippen molar-refractivity contribution in [3.63, 3.8) is 0 Å². The predicted molar refractivity (Wildman–Crippen MR) is 153 cm³/mol. The SMILES string of the molecule is O=C(Nc1ccccc1-c1ccccc1)N1C/C=C\C(c2cccc(Cl)c2)N(Cc2ccc(F)cc2)C(=O)C1. The van der Waals surface area contributed by atoms with Gasteiger partial charge < -0.3 is 15.1 Å². The summed E-state index contributed by atoms with van der Waals surface area (Å²) in [5.74, 6) is -0.581. The quantitative estimate of drug-likeness (QED) is 0.270. The van der Waals surface area contributed by atoms with Gasteiger partial charge in [0.25, 0.3) is 0 Å². The van der Waals surface area contributed by atoms with Crippen LogP contribution in [0.4, 0.5) is 14.9 Å². The molecule has 196 valence electrons. The Kier molecular flexibility index (Phi) is 8.04. The van der Waals surface area contributed by atoms with Gasteiger partial charge in [0.05, 0.1) is 11.7 Å². The summed E-state index contributed by atoms with van der Waals surface area (Å²) in [7, 11) is 0. The van der Waals surface area contributed by atoms with Crippen LogP contribution in [0.1, 0.15) is 17.2 Å². The van der Waals surface area contributed by atoms with E-state index >= 15 is 0 Å². The molecule has 7 heteroatoms. The first-order valence-electron chi connectivity index (χ1n) is 12.6. The lowest BCUT2D eigenvalue weighted by atomic mass is 10.0. The summed E-state index contributed by atoms with van der Waals surface area (Å²) in [6.07, 6.45) is 3.79. The molecule has 4 aromatic rings. The van der Waals surface area contributed by atoms with Gasteiger partial charge in [-0.2, -0.15) is 0 Å². The molecule has 0 spiro atoms. The van der Waals surface area contributed by atoms with Gasteiger partial charge in [0, 0.05) is 23.7 Å². The van der Waals surface area contributed by atoms with Crippen LogP contribution >= 0.6 is 11.6 Å². The minimum absolute atomic E-state index is 0.123. The van der Waals surface area contributed by atoms with Crippen LogP contribution < -0.4 is 5.32 Å². The fraction of sp³-hybridized carbons (Fsp3) is 0.125. The van der Waals surface area contributed by atoms with Crippen molar-refractivity contribution < 1.29 is 14.0 Å². The van der Waals surface area contributed by atoms with E-state index in [9.17, 15) is 14.0 Å². The number of para-hydroxylation sites is 1. The van der Waals surface area contributed by atoms with Crippen LogP contribution in [0.2, 0.25) is 5.02 Å². The molecular weight excluding hydrogens is 513 g/mol. The van der Waals surface area contributed by atoms with Crippen molar-refractivity contribution in [1.29, 1.82) is 0 Å². The van der Waals surface area contributed by atoms with E-state index in [4.69, 9.17) is 11.6 Å². The number of amides is 3. The molecule has 39 heavy (non-hydrogen) atoms. The minimum atomic E-state index is -0.398. The van der Waals surface area contributed by atoms with Gasteiger partial charge in [-0.1, -0.05) is 96.5 Å². The van der Waals surface area contributed by atoms with Gasteiger partial charge in [-0.3, -0.25) is 4.79 Å². The molecule has 1 heterocycles. The molecule has 0 bridgehead atoms. The second-order valence-electron chi connectivity index (χ2n) is 9.30. The van der Waals surface area contributed by atoms with Gasteiger partial charge in [-0.15, -0.1) is 0 Å². The molecule has 1 atom stereocenters. The number of halogens is 2. The molecule has 0 aliphatic carbocycles. The lowest BCUT2D eigenvalue weighted by molar-refractivity contribution is -0.134. The van der Waals surface area contributed by atoms with E-state index in [1.54, 1.807) is 23.1 Å². The van der Waals surface area contributed by atoms with E-state index in [0.717, 1.165) is 22.3 Å². The summed E-state index contributed by atoms with van der Waals surface area (Å²) in [4.78, 5) is 30.3. The van der Waals surface area contributed by atoms with Crippen molar-refractivity contribution in [3.05, 3.63) is 137 Å². The first-order valence-corrected chi connectivity index (χ1v) is 13.0. The van der Waals surface area contributed by atoms with Gasteiger partial charge in [-0.25, -0.2) is 9.18 Å². The third-order valence-electron chi connectivity index (χ3n) is 6.62. The Labute approximate surface area is 232 Å². The molecule has 1 aliphatic heterocycles. The molecule has 0 fully saturated rings. The number of hydrogen-bond donors (Lipinski definition) is 1. The fourth-order valence-electron chi connectivity index (χ4n) is 4.66. The Morgan fingerprint density at radius 2 is 1.67 bits per heavy atom. The van der Waals surface area contributed by atoms with E-state index < -0.39 is 6.04 Å². The van der Waals surface area contributed by atoms with E-state index in [-0.39, 0.29) is 37.4 Å². The number of urea groups is 1. The second-order valence-corrected chi connectivity index (χ2v) is 9.73. The first kappa shape index (κ1) is 26.2. The highest BCUT2D eigenvalue weighted by Gasteiger charge is 2.29. The summed E-state index contributed by atoms with van der Waals surface area (Å²) >= 11 is 6.27. The van der Waals surface area contributed by atoms with Crippen molar-refractivity contribution in [2.75, 3.05) is 18.4 Å². The average molecular weight is 540 g/mol. The predicted octanol–water partition coefficient (Wildman–Crippen LogP) is 7.32. The Balaban J connectivity index is 1.41. The van der Waals surface area contributed by atoms with Gasteiger partial charge in [-0.05, 0) is 47.0 Å². The third-order valence-corrected chi connectivity index (χ3v) is 6.86. The molecule has 0 saturated heterocycles. The minimum Gasteiger partial charge on any atom is -0.326 e. The van der Waals surface area contributed by atoms with Crippen molar-refractivity contribution in [2.24, 2.45) is 0 Å². The maximum Gasteiger partial charge on any atom is 0.322 e. The molecule has 4 aromatic carbocycles. The number of benzene rings is 4. The van der Waals surface area contributed by atoms with Crippen molar-refractivity contribution in [1.82, 2.24) is 9.80 Å².